The van der Waals surface area contributed by atoms with Crippen LogP contribution in [0.5, 0.6) is 0 Å². The Kier molecular flexibility index (Phi) is 4.00. The van der Waals surface area contributed by atoms with Crippen LogP contribution in [0.4, 0.5) is 0 Å². The SMILES string of the molecule is C/C(=N\NS(=O)(=O)c1ccc(C)cc1)C12CCc3ccccc3C1C2(C)C. The second-order valence-electron chi connectivity index (χ2n) is 8.43. The number of aryl methyl sites for hydroxylation is 2. The van der Waals surface area contributed by atoms with Gasteiger partial charge in [0, 0.05) is 17.0 Å². The van der Waals surface area contributed by atoms with Crippen molar-refractivity contribution in [1.29, 1.82) is 0 Å². The van der Waals surface area contributed by atoms with E-state index in [4.69, 9.17) is 0 Å². The summed E-state index contributed by atoms with van der Waals surface area (Å²) in [7, 11) is -3.65. The van der Waals surface area contributed by atoms with Crippen LogP contribution in [-0.2, 0) is 16.4 Å². The van der Waals surface area contributed by atoms with Crippen molar-refractivity contribution in [3.63, 3.8) is 0 Å². The molecule has 0 saturated heterocycles. The summed E-state index contributed by atoms with van der Waals surface area (Å²) in [5, 5.41) is 4.38. The van der Waals surface area contributed by atoms with Gasteiger partial charge in [-0.05, 0) is 55.4 Å². The molecular weight excluding hydrogens is 356 g/mol. The molecule has 0 radical (unpaired) electrons. The van der Waals surface area contributed by atoms with Crippen molar-refractivity contribution in [2.75, 3.05) is 0 Å². The van der Waals surface area contributed by atoms with Crippen molar-refractivity contribution in [3.05, 3.63) is 65.2 Å². The average molecular weight is 383 g/mol. The standard InChI is InChI=1S/C22H26N2O2S/c1-15-9-11-18(12-10-15)27(25,26)24-23-16(2)22-14-13-17-7-5-6-8-19(17)20(22)21(22,3)4/h5-12,20,24H,13-14H2,1-4H3/b23-16+. The first-order valence-corrected chi connectivity index (χ1v) is 10.9. The van der Waals surface area contributed by atoms with Crippen LogP contribution in [0.25, 0.3) is 0 Å². The summed E-state index contributed by atoms with van der Waals surface area (Å²) in [5.74, 6) is 0.391. The molecule has 2 aromatic carbocycles. The van der Waals surface area contributed by atoms with Crippen molar-refractivity contribution in [2.45, 2.75) is 51.3 Å². The van der Waals surface area contributed by atoms with Gasteiger partial charge in [0.1, 0.15) is 0 Å². The van der Waals surface area contributed by atoms with E-state index < -0.39 is 10.0 Å². The Morgan fingerprint density at radius 2 is 1.78 bits per heavy atom. The second kappa shape index (κ2) is 5.93. The molecule has 1 saturated carbocycles. The Morgan fingerprint density at radius 3 is 2.48 bits per heavy atom. The fourth-order valence-electron chi connectivity index (χ4n) is 5.20. The molecule has 1 fully saturated rings. The van der Waals surface area contributed by atoms with Crippen molar-refractivity contribution < 1.29 is 8.42 Å². The number of nitrogens with zero attached hydrogens (tertiary/aromatic N) is 1. The third-order valence-corrected chi connectivity index (χ3v) is 7.97. The van der Waals surface area contributed by atoms with E-state index >= 15 is 0 Å². The number of rotatable bonds is 4. The summed E-state index contributed by atoms with van der Waals surface area (Å²) in [6.45, 7) is 8.44. The molecule has 1 N–H and O–H groups in total. The Labute approximate surface area is 161 Å². The minimum atomic E-state index is -3.65. The number of hydrazone groups is 1. The van der Waals surface area contributed by atoms with Crippen LogP contribution in [0, 0.1) is 17.8 Å². The van der Waals surface area contributed by atoms with Crippen LogP contribution in [0.3, 0.4) is 0 Å². The monoisotopic (exact) mass is 382 g/mol. The zero-order valence-corrected chi connectivity index (χ0v) is 17.1. The highest BCUT2D eigenvalue weighted by Gasteiger charge is 2.73. The highest BCUT2D eigenvalue weighted by molar-refractivity contribution is 7.89. The van der Waals surface area contributed by atoms with Gasteiger partial charge in [-0.1, -0.05) is 55.8 Å². The van der Waals surface area contributed by atoms with Crippen LogP contribution in [0.15, 0.2) is 58.5 Å². The minimum absolute atomic E-state index is 0.0719. The van der Waals surface area contributed by atoms with E-state index in [-0.39, 0.29) is 15.7 Å². The average Bonchev–Trinajstić information content (AvgIpc) is 3.18. The number of nitrogens with one attached hydrogen (secondary N) is 1. The predicted molar refractivity (Wildman–Crippen MR) is 108 cm³/mol. The number of benzene rings is 2. The van der Waals surface area contributed by atoms with E-state index in [9.17, 15) is 8.42 Å². The normalized spacial score (nSPS) is 26.1. The molecule has 27 heavy (non-hydrogen) atoms. The quantitative estimate of drug-likeness (QED) is 0.629. The maximum atomic E-state index is 12.6. The molecule has 2 aliphatic carbocycles. The zero-order chi connectivity index (χ0) is 19.4. The first kappa shape index (κ1) is 18.2. The zero-order valence-electron chi connectivity index (χ0n) is 16.3. The fourth-order valence-corrected chi connectivity index (χ4v) is 6.06. The summed E-state index contributed by atoms with van der Waals surface area (Å²) in [5.41, 5.74) is 4.71. The molecule has 0 spiro atoms. The molecule has 4 nitrogen and oxygen atoms in total. The maximum absolute atomic E-state index is 12.6. The van der Waals surface area contributed by atoms with Gasteiger partial charge in [0.2, 0.25) is 0 Å². The molecule has 0 heterocycles. The van der Waals surface area contributed by atoms with Crippen LogP contribution in [-0.4, -0.2) is 14.1 Å². The Hall–Kier alpha value is -2.14. The molecule has 0 aliphatic heterocycles. The highest BCUT2D eigenvalue weighted by atomic mass is 32.2. The van der Waals surface area contributed by atoms with Gasteiger partial charge in [0.25, 0.3) is 10.0 Å². The lowest BCUT2D eigenvalue weighted by Gasteiger charge is -2.25. The molecule has 2 atom stereocenters. The Balaban J connectivity index is 1.63. The number of sulfonamides is 1. The summed E-state index contributed by atoms with van der Waals surface area (Å²) in [6, 6.07) is 15.4. The Bertz CT molecular complexity index is 1020. The smallest absolute Gasteiger partial charge is 0.200 e. The molecule has 4 rings (SSSR count). The molecular formula is C22H26N2O2S. The van der Waals surface area contributed by atoms with Crippen molar-refractivity contribution >= 4 is 15.7 Å². The number of hydrogen-bond acceptors (Lipinski definition) is 3. The predicted octanol–water partition coefficient (Wildman–Crippen LogP) is 4.41. The second-order valence-corrected chi connectivity index (χ2v) is 10.1. The van der Waals surface area contributed by atoms with E-state index in [1.807, 2.05) is 13.8 Å². The fraction of sp³-hybridized carbons (Fsp3) is 0.409. The molecule has 0 aromatic heterocycles. The third kappa shape index (κ3) is 2.63. The van der Waals surface area contributed by atoms with Crippen LogP contribution in [0.2, 0.25) is 0 Å². The summed E-state index contributed by atoms with van der Waals surface area (Å²) >= 11 is 0. The van der Waals surface area contributed by atoms with Gasteiger partial charge in [-0.3, -0.25) is 0 Å². The van der Waals surface area contributed by atoms with Gasteiger partial charge in [-0.2, -0.15) is 13.5 Å². The van der Waals surface area contributed by atoms with Gasteiger partial charge in [-0.25, -0.2) is 4.83 Å². The summed E-state index contributed by atoms with van der Waals surface area (Å²) < 4.78 is 25.2. The van der Waals surface area contributed by atoms with Gasteiger partial charge in [-0.15, -0.1) is 0 Å². The molecule has 0 amide bonds. The van der Waals surface area contributed by atoms with Crippen molar-refractivity contribution in [3.8, 4) is 0 Å². The molecule has 5 heteroatoms. The topological polar surface area (TPSA) is 58.5 Å². The van der Waals surface area contributed by atoms with Crippen LogP contribution >= 0.6 is 0 Å². The summed E-state index contributed by atoms with van der Waals surface area (Å²) in [4.78, 5) is 2.70. The molecule has 2 unspecified atom stereocenters. The first-order valence-electron chi connectivity index (χ1n) is 9.41. The van der Waals surface area contributed by atoms with Gasteiger partial charge in [0.15, 0.2) is 0 Å². The first-order chi connectivity index (χ1) is 12.7. The van der Waals surface area contributed by atoms with E-state index in [1.165, 1.54) is 11.1 Å². The van der Waals surface area contributed by atoms with E-state index in [0.29, 0.717) is 5.92 Å². The maximum Gasteiger partial charge on any atom is 0.276 e. The molecule has 2 aliphatic rings. The van der Waals surface area contributed by atoms with Crippen LogP contribution in [0.1, 0.15) is 49.8 Å². The van der Waals surface area contributed by atoms with Crippen molar-refractivity contribution in [2.24, 2.45) is 15.9 Å². The summed E-state index contributed by atoms with van der Waals surface area (Å²) in [6.07, 6.45) is 2.01. The minimum Gasteiger partial charge on any atom is -0.200 e. The molecule has 2 aromatic rings. The van der Waals surface area contributed by atoms with Gasteiger partial charge in [0.05, 0.1) is 4.90 Å². The van der Waals surface area contributed by atoms with Crippen LogP contribution < -0.4 is 4.83 Å². The molecule has 142 valence electrons. The third-order valence-electron chi connectivity index (χ3n) is 6.75. The van der Waals surface area contributed by atoms with Gasteiger partial charge >= 0.3 is 0 Å². The lowest BCUT2D eigenvalue weighted by molar-refractivity contribution is 0.459. The lowest BCUT2D eigenvalue weighted by atomic mass is 9.80. The van der Waals surface area contributed by atoms with Gasteiger partial charge < -0.3 is 0 Å². The molecule has 0 bridgehead atoms. The number of hydrogen-bond donors (Lipinski definition) is 1. The van der Waals surface area contributed by atoms with E-state index in [2.05, 4.69) is 48.0 Å². The lowest BCUT2D eigenvalue weighted by Crippen LogP contribution is -2.27. The largest absolute Gasteiger partial charge is 0.276 e. The number of fused-ring (bicyclic) bond motifs is 3. The van der Waals surface area contributed by atoms with E-state index in [0.717, 1.165) is 24.1 Å². The van der Waals surface area contributed by atoms with Crippen molar-refractivity contribution in [1.82, 2.24) is 4.83 Å². The highest BCUT2D eigenvalue weighted by Crippen LogP contribution is 2.78. The Morgan fingerprint density at radius 1 is 1.11 bits per heavy atom. The van der Waals surface area contributed by atoms with E-state index in [1.54, 1.807) is 24.3 Å².